The summed E-state index contributed by atoms with van der Waals surface area (Å²) in [6.07, 6.45) is 5.99. The molecule has 2 heteroatoms. The highest BCUT2D eigenvalue weighted by Gasteiger charge is 2.48. The van der Waals surface area contributed by atoms with Crippen molar-refractivity contribution < 1.29 is 5.11 Å². The molecule has 0 radical (unpaired) electrons. The summed E-state index contributed by atoms with van der Waals surface area (Å²) < 4.78 is 0. The number of aliphatic hydroxyl groups excluding tert-OH is 1. The summed E-state index contributed by atoms with van der Waals surface area (Å²) in [4.78, 5) is 0. The smallest absolute Gasteiger partial charge is 0.0743 e. The zero-order valence-electron chi connectivity index (χ0n) is 8.89. The molecule has 2 N–H and O–H groups in total. The van der Waals surface area contributed by atoms with Crippen molar-refractivity contribution in [2.45, 2.75) is 51.8 Å². The minimum absolute atomic E-state index is 0.0475. The summed E-state index contributed by atoms with van der Waals surface area (Å²) in [6, 6.07) is 0.327. The Hall–Kier alpha value is -0.520. The molecule has 1 aliphatic rings. The zero-order chi connectivity index (χ0) is 10.3. The van der Waals surface area contributed by atoms with E-state index in [0.29, 0.717) is 6.04 Å². The maximum atomic E-state index is 9.52. The first-order valence-corrected chi connectivity index (χ1v) is 4.73. The summed E-state index contributed by atoms with van der Waals surface area (Å²) in [6.45, 7) is 8.08. The Morgan fingerprint density at radius 3 is 2.38 bits per heavy atom. The molecular weight excluding hydrogens is 162 g/mol. The van der Waals surface area contributed by atoms with E-state index in [0.717, 1.165) is 6.42 Å². The second-order valence-corrected chi connectivity index (χ2v) is 5.04. The molecule has 0 aromatic carbocycles. The Kier molecular flexibility index (Phi) is 2.44. The summed E-state index contributed by atoms with van der Waals surface area (Å²) >= 11 is 0. The van der Waals surface area contributed by atoms with Gasteiger partial charge in [-0.2, -0.15) is 0 Å². The third-order valence-electron chi connectivity index (χ3n) is 3.11. The molecule has 0 bridgehead atoms. The largest absolute Gasteiger partial charge is 0.392 e. The second-order valence-electron chi connectivity index (χ2n) is 5.04. The molecule has 0 aromatic heterocycles. The van der Waals surface area contributed by atoms with E-state index >= 15 is 0 Å². The van der Waals surface area contributed by atoms with Gasteiger partial charge in [0, 0.05) is 11.5 Å². The molecule has 1 rings (SSSR count). The van der Waals surface area contributed by atoms with E-state index in [1.807, 2.05) is 13.8 Å². The Balaban J connectivity index is 2.56. The Morgan fingerprint density at radius 1 is 1.54 bits per heavy atom. The van der Waals surface area contributed by atoms with Gasteiger partial charge in [-0.05, 0) is 20.3 Å². The third-order valence-corrected chi connectivity index (χ3v) is 3.11. The lowest BCUT2D eigenvalue weighted by Gasteiger charge is -2.51. The minimum atomic E-state index is -0.276. The molecule has 74 valence electrons. The molecule has 0 amide bonds. The molecule has 0 aliphatic heterocycles. The second kappa shape index (κ2) is 3.01. The van der Waals surface area contributed by atoms with Gasteiger partial charge in [0.25, 0.3) is 0 Å². The lowest BCUT2D eigenvalue weighted by Crippen LogP contribution is -2.63. The van der Waals surface area contributed by atoms with Crippen LogP contribution in [0.2, 0.25) is 0 Å². The Bertz CT molecular complexity index is 237. The van der Waals surface area contributed by atoms with Crippen LogP contribution in [0.25, 0.3) is 0 Å². The highest BCUT2D eigenvalue weighted by molar-refractivity contribution is 5.12. The van der Waals surface area contributed by atoms with Crippen LogP contribution in [0.3, 0.4) is 0 Å². The molecule has 2 atom stereocenters. The maximum absolute atomic E-state index is 9.52. The van der Waals surface area contributed by atoms with E-state index in [-0.39, 0.29) is 17.1 Å². The van der Waals surface area contributed by atoms with Crippen LogP contribution in [0.5, 0.6) is 0 Å². The van der Waals surface area contributed by atoms with Crippen LogP contribution in [-0.4, -0.2) is 22.8 Å². The van der Waals surface area contributed by atoms with Gasteiger partial charge in [-0.3, -0.25) is 5.32 Å². The number of hydrogen-bond donors (Lipinski definition) is 2. The SMILES string of the molecule is C#CC(C)(C)NC1CC(O)C1(C)C. The first kappa shape index (κ1) is 10.6. The topological polar surface area (TPSA) is 32.3 Å². The van der Waals surface area contributed by atoms with Gasteiger partial charge in [-0.1, -0.05) is 19.8 Å². The predicted molar refractivity (Wildman–Crippen MR) is 54.2 cm³/mol. The first-order valence-electron chi connectivity index (χ1n) is 4.73. The van der Waals surface area contributed by atoms with E-state index in [1.165, 1.54) is 0 Å². The van der Waals surface area contributed by atoms with E-state index in [4.69, 9.17) is 6.42 Å². The fourth-order valence-electron chi connectivity index (χ4n) is 1.62. The summed E-state index contributed by atoms with van der Waals surface area (Å²) in [5.41, 5.74) is -0.323. The lowest BCUT2D eigenvalue weighted by atomic mass is 9.64. The van der Waals surface area contributed by atoms with Crippen molar-refractivity contribution in [2.75, 3.05) is 0 Å². The molecule has 13 heavy (non-hydrogen) atoms. The molecule has 1 saturated carbocycles. The van der Waals surface area contributed by atoms with Crippen molar-refractivity contribution in [3.63, 3.8) is 0 Å². The van der Waals surface area contributed by atoms with Crippen molar-refractivity contribution >= 4 is 0 Å². The molecule has 0 spiro atoms. The normalized spacial score (nSPS) is 32.0. The van der Waals surface area contributed by atoms with Gasteiger partial charge >= 0.3 is 0 Å². The van der Waals surface area contributed by atoms with E-state index in [2.05, 4.69) is 25.1 Å². The molecule has 0 heterocycles. The molecule has 0 saturated heterocycles. The van der Waals surface area contributed by atoms with Crippen molar-refractivity contribution in [1.29, 1.82) is 0 Å². The van der Waals surface area contributed by atoms with E-state index < -0.39 is 0 Å². The molecule has 2 unspecified atom stereocenters. The van der Waals surface area contributed by atoms with Crippen LogP contribution in [0.15, 0.2) is 0 Å². The van der Waals surface area contributed by atoms with E-state index in [9.17, 15) is 5.11 Å². The molecular formula is C11H19NO. The molecule has 0 aromatic rings. The van der Waals surface area contributed by atoms with Gasteiger partial charge in [0.05, 0.1) is 11.6 Å². The standard InChI is InChI=1S/C11H19NO/c1-6-10(2,3)12-8-7-9(13)11(8,4)5/h1,8-9,12-13H,7H2,2-5H3. The van der Waals surface area contributed by atoms with Crippen LogP contribution in [0, 0.1) is 17.8 Å². The molecule has 1 fully saturated rings. The minimum Gasteiger partial charge on any atom is -0.392 e. The third kappa shape index (κ3) is 1.87. The van der Waals surface area contributed by atoms with Crippen LogP contribution in [0.4, 0.5) is 0 Å². The van der Waals surface area contributed by atoms with E-state index in [1.54, 1.807) is 0 Å². The quantitative estimate of drug-likeness (QED) is 0.626. The summed E-state index contributed by atoms with van der Waals surface area (Å²) in [7, 11) is 0. The van der Waals surface area contributed by atoms with Gasteiger partial charge in [0.1, 0.15) is 0 Å². The predicted octanol–water partition coefficient (Wildman–Crippen LogP) is 1.15. The maximum Gasteiger partial charge on any atom is 0.0743 e. The van der Waals surface area contributed by atoms with Crippen molar-refractivity contribution in [3.05, 3.63) is 0 Å². The fourth-order valence-corrected chi connectivity index (χ4v) is 1.62. The van der Waals surface area contributed by atoms with Gasteiger partial charge < -0.3 is 5.11 Å². The van der Waals surface area contributed by atoms with Gasteiger partial charge in [0.15, 0.2) is 0 Å². The van der Waals surface area contributed by atoms with Crippen LogP contribution in [-0.2, 0) is 0 Å². The van der Waals surface area contributed by atoms with Crippen molar-refractivity contribution in [3.8, 4) is 12.3 Å². The van der Waals surface area contributed by atoms with Crippen LogP contribution in [0.1, 0.15) is 34.1 Å². The average Bonchev–Trinajstić information content (AvgIpc) is 2.04. The number of nitrogens with one attached hydrogen (secondary N) is 1. The van der Waals surface area contributed by atoms with Crippen molar-refractivity contribution in [2.24, 2.45) is 5.41 Å². The zero-order valence-corrected chi connectivity index (χ0v) is 8.89. The fraction of sp³-hybridized carbons (Fsp3) is 0.818. The number of rotatable bonds is 2. The summed E-state index contributed by atoms with van der Waals surface area (Å²) in [5.74, 6) is 2.70. The first-order chi connectivity index (χ1) is 5.79. The van der Waals surface area contributed by atoms with Crippen molar-refractivity contribution in [1.82, 2.24) is 5.32 Å². The number of terminal acetylenes is 1. The molecule has 1 aliphatic carbocycles. The molecule has 2 nitrogen and oxygen atoms in total. The lowest BCUT2D eigenvalue weighted by molar-refractivity contribution is -0.0775. The Morgan fingerprint density at radius 2 is 2.08 bits per heavy atom. The Labute approximate surface area is 80.7 Å². The van der Waals surface area contributed by atoms with Gasteiger partial charge in [0.2, 0.25) is 0 Å². The van der Waals surface area contributed by atoms with Crippen LogP contribution < -0.4 is 5.32 Å². The number of aliphatic hydroxyl groups is 1. The highest BCUT2D eigenvalue weighted by Crippen LogP contribution is 2.41. The highest BCUT2D eigenvalue weighted by atomic mass is 16.3. The van der Waals surface area contributed by atoms with Gasteiger partial charge in [-0.15, -0.1) is 6.42 Å². The number of hydrogen-bond acceptors (Lipinski definition) is 2. The van der Waals surface area contributed by atoms with Crippen LogP contribution >= 0.6 is 0 Å². The monoisotopic (exact) mass is 181 g/mol. The van der Waals surface area contributed by atoms with Gasteiger partial charge in [-0.25, -0.2) is 0 Å². The summed E-state index contributed by atoms with van der Waals surface area (Å²) in [5, 5.41) is 12.9. The average molecular weight is 181 g/mol.